The first-order chi connectivity index (χ1) is 9.08. The summed E-state index contributed by atoms with van der Waals surface area (Å²) in [6.45, 7) is 1.87. The van der Waals surface area contributed by atoms with E-state index in [1.807, 2.05) is 6.07 Å². The Bertz CT molecular complexity index is 556. The Morgan fingerprint density at radius 1 is 1.21 bits per heavy atom. The summed E-state index contributed by atoms with van der Waals surface area (Å²) in [6.07, 6.45) is 0. The molecule has 0 spiro atoms. The van der Waals surface area contributed by atoms with Gasteiger partial charge in [0.15, 0.2) is 0 Å². The Balaban J connectivity index is 1.98. The van der Waals surface area contributed by atoms with E-state index in [9.17, 15) is 0 Å². The Kier molecular flexibility index (Phi) is 5.45. The summed E-state index contributed by atoms with van der Waals surface area (Å²) in [4.78, 5) is 3.66. The number of methoxy groups -OCH3 is 1. The van der Waals surface area contributed by atoms with Crippen molar-refractivity contribution in [3.8, 4) is 5.75 Å². The molecule has 2 aromatic rings. The van der Waals surface area contributed by atoms with Gasteiger partial charge in [0.2, 0.25) is 0 Å². The summed E-state index contributed by atoms with van der Waals surface area (Å²) in [5, 5.41) is 2.12. The summed E-state index contributed by atoms with van der Waals surface area (Å²) in [5.41, 5.74) is 1.27. The molecule has 2 nitrogen and oxygen atoms in total. The summed E-state index contributed by atoms with van der Waals surface area (Å²) in [6, 6.07) is 8.38. The molecule has 1 aromatic heterocycles. The van der Waals surface area contributed by atoms with E-state index in [4.69, 9.17) is 4.74 Å². The number of thiophene rings is 1. The van der Waals surface area contributed by atoms with Crippen molar-refractivity contribution in [2.45, 2.75) is 13.1 Å². The minimum absolute atomic E-state index is 0.869. The molecule has 0 N–H and O–H groups in total. The number of hydrogen-bond acceptors (Lipinski definition) is 3. The molecule has 2 rings (SSSR count). The molecule has 0 aliphatic rings. The molecule has 0 unspecified atom stereocenters. The van der Waals surface area contributed by atoms with Crippen molar-refractivity contribution in [3.05, 3.63) is 49.0 Å². The summed E-state index contributed by atoms with van der Waals surface area (Å²) >= 11 is 8.79. The maximum absolute atomic E-state index is 5.24. The molecule has 0 saturated heterocycles. The van der Waals surface area contributed by atoms with Crippen LogP contribution in [-0.2, 0) is 13.1 Å². The fourth-order valence-electron chi connectivity index (χ4n) is 1.88. The van der Waals surface area contributed by atoms with Crippen LogP contribution in [-0.4, -0.2) is 19.1 Å². The van der Waals surface area contributed by atoms with Crippen molar-refractivity contribution in [1.82, 2.24) is 4.90 Å². The summed E-state index contributed by atoms with van der Waals surface area (Å²) in [5.74, 6) is 0.869. The fraction of sp³-hybridized carbons (Fsp3) is 0.286. The van der Waals surface area contributed by atoms with E-state index in [1.165, 1.54) is 10.4 Å². The summed E-state index contributed by atoms with van der Waals surface area (Å²) in [7, 11) is 3.81. The topological polar surface area (TPSA) is 12.5 Å². The number of benzene rings is 1. The first kappa shape index (κ1) is 15.0. The zero-order chi connectivity index (χ0) is 13.8. The van der Waals surface area contributed by atoms with Gasteiger partial charge in [-0.3, -0.25) is 4.90 Å². The van der Waals surface area contributed by atoms with Gasteiger partial charge in [0.05, 0.1) is 11.6 Å². The second-order valence-corrected chi connectivity index (χ2v) is 7.14. The highest BCUT2D eigenvalue weighted by Gasteiger charge is 2.06. The zero-order valence-electron chi connectivity index (χ0n) is 10.8. The average molecular weight is 405 g/mol. The highest BCUT2D eigenvalue weighted by atomic mass is 79.9. The molecule has 0 aliphatic carbocycles. The van der Waals surface area contributed by atoms with Crippen molar-refractivity contribution in [3.63, 3.8) is 0 Å². The maximum Gasteiger partial charge on any atom is 0.133 e. The predicted molar refractivity (Wildman–Crippen MR) is 87.9 cm³/mol. The van der Waals surface area contributed by atoms with Gasteiger partial charge in [0, 0.05) is 27.8 Å². The number of ether oxygens (including phenoxy) is 1. The molecule has 0 fully saturated rings. The van der Waals surface area contributed by atoms with Crippen molar-refractivity contribution < 1.29 is 4.74 Å². The third-order valence-corrected chi connectivity index (χ3v) is 5.02. The normalized spacial score (nSPS) is 11.0. The monoisotopic (exact) mass is 403 g/mol. The lowest BCUT2D eigenvalue weighted by molar-refractivity contribution is 0.321. The van der Waals surface area contributed by atoms with Gasteiger partial charge in [-0.15, -0.1) is 11.3 Å². The van der Waals surface area contributed by atoms with Gasteiger partial charge >= 0.3 is 0 Å². The van der Waals surface area contributed by atoms with Gasteiger partial charge < -0.3 is 4.74 Å². The molecular formula is C14H15Br2NOS. The first-order valence-corrected chi connectivity index (χ1v) is 8.29. The van der Waals surface area contributed by atoms with Crippen LogP contribution < -0.4 is 4.74 Å². The molecule has 0 atom stereocenters. The van der Waals surface area contributed by atoms with Gasteiger partial charge in [-0.05, 0) is 62.7 Å². The lowest BCUT2D eigenvalue weighted by atomic mass is 10.2. The molecule has 0 saturated carbocycles. The van der Waals surface area contributed by atoms with Gasteiger partial charge in [-0.25, -0.2) is 0 Å². The third-order valence-electron chi connectivity index (χ3n) is 2.72. The van der Waals surface area contributed by atoms with E-state index in [0.29, 0.717) is 0 Å². The number of halogens is 2. The Morgan fingerprint density at radius 3 is 2.58 bits per heavy atom. The van der Waals surface area contributed by atoms with Crippen molar-refractivity contribution in [2.75, 3.05) is 14.2 Å². The highest BCUT2D eigenvalue weighted by molar-refractivity contribution is 9.10. The van der Waals surface area contributed by atoms with Gasteiger partial charge in [-0.2, -0.15) is 0 Å². The first-order valence-electron chi connectivity index (χ1n) is 5.82. The van der Waals surface area contributed by atoms with Gasteiger partial charge in [-0.1, -0.05) is 6.07 Å². The highest BCUT2D eigenvalue weighted by Crippen LogP contribution is 2.26. The van der Waals surface area contributed by atoms with E-state index in [0.717, 1.165) is 27.8 Å². The van der Waals surface area contributed by atoms with E-state index in [2.05, 4.69) is 67.4 Å². The molecule has 1 aromatic carbocycles. The standard InChI is InChI=1S/C14H15Br2NOS/c1-17(8-12-6-11(15)9-19-12)7-10-3-4-14(18-2)13(16)5-10/h3-6,9H,7-8H2,1-2H3. The number of rotatable bonds is 5. The number of nitrogens with zero attached hydrogens (tertiary/aromatic N) is 1. The van der Waals surface area contributed by atoms with Crippen LogP contribution >= 0.6 is 43.2 Å². The van der Waals surface area contributed by atoms with Crippen LogP contribution in [0, 0.1) is 0 Å². The molecule has 5 heteroatoms. The van der Waals surface area contributed by atoms with Crippen molar-refractivity contribution >= 4 is 43.2 Å². The third kappa shape index (κ3) is 4.31. The molecule has 0 bridgehead atoms. The quantitative estimate of drug-likeness (QED) is 0.701. The Morgan fingerprint density at radius 2 is 2.00 bits per heavy atom. The Hall–Kier alpha value is -0.360. The van der Waals surface area contributed by atoms with Crippen LogP contribution in [0.2, 0.25) is 0 Å². The van der Waals surface area contributed by atoms with Crippen LogP contribution in [0.15, 0.2) is 38.6 Å². The molecule has 0 amide bonds. The molecule has 1 heterocycles. The van der Waals surface area contributed by atoms with E-state index >= 15 is 0 Å². The van der Waals surface area contributed by atoms with E-state index < -0.39 is 0 Å². The fourth-order valence-corrected chi connectivity index (χ4v) is 4.00. The smallest absolute Gasteiger partial charge is 0.133 e. The van der Waals surface area contributed by atoms with Crippen LogP contribution in [0.25, 0.3) is 0 Å². The Labute approximate surface area is 134 Å². The predicted octanol–water partition coefficient (Wildman–Crippen LogP) is 4.91. The molecule has 19 heavy (non-hydrogen) atoms. The summed E-state index contributed by atoms with van der Waals surface area (Å²) < 4.78 is 7.40. The van der Waals surface area contributed by atoms with Crippen LogP contribution in [0.3, 0.4) is 0 Å². The van der Waals surface area contributed by atoms with Crippen LogP contribution in [0.4, 0.5) is 0 Å². The largest absolute Gasteiger partial charge is 0.496 e. The molecule has 102 valence electrons. The van der Waals surface area contributed by atoms with Crippen molar-refractivity contribution in [2.24, 2.45) is 0 Å². The molecule has 0 radical (unpaired) electrons. The lowest BCUT2D eigenvalue weighted by Crippen LogP contribution is -2.16. The average Bonchev–Trinajstić information content (AvgIpc) is 2.74. The minimum atomic E-state index is 0.869. The molecule has 0 aliphatic heterocycles. The number of hydrogen-bond donors (Lipinski definition) is 0. The van der Waals surface area contributed by atoms with Crippen LogP contribution in [0.5, 0.6) is 5.75 Å². The maximum atomic E-state index is 5.24. The van der Waals surface area contributed by atoms with E-state index in [-0.39, 0.29) is 0 Å². The second-order valence-electron chi connectivity index (χ2n) is 4.37. The lowest BCUT2D eigenvalue weighted by Gasteiger charge is -2.16. The minimum Gasteiger partial charge on any atom is -0.496 e. The van der Waals surface area contributed by atoms with E-state index in [1.54, 1.807) is 18.4 Å². The zero-order valence-corrected chi connectivity index (χ0v) is 14.8. The van der Waals surface area contributed by atoms with Crippen molar-refractivity contribution in [1.29, 1.82) is 0 Å². The molecular weight excluding hydrogens is 390 g/mol. The van der Waals surface area contributed by atoms with Gasteiger partial charge in [0.25, 0.3) is 0 Å². The van der Waals surface area contributed by atoms with Crippen LogP contribution in [0.1, 0.15) is 10.4 Å². The van der Waals surface area contributed by atoms with Gasteiger partial charge in [0.1, 0.15) is 5.75 Å². The SMILES string of the molecule is COc1ccc(CN(C)Cc2cc(Br)cs2)cc1Br. The second kappa shape index (κ2) is 6.88.